The maximum atomic E-state index is 12.9. The summed E-state index contributed by atoms with van der Waals surface area (Å²) in [6.07, 6.45) is 6.35. The summed E-state index contributed by atoms with van der Waals surface area (Å²) in [6, 6.07) is 3.88. The largest absolute Gasteiger partial charge is 0.494 e. The van der Waals surface area contributed by atoms with E-state index >= 15 is 0 Å². The van der Waals surface area contributed by atoms with Gasteiger partial charge in [-0.15, -0.1) is 13.2 Å². The Labute approximate surface area is 237 Å². The molecule has 3 saturated heterocycles. The lowest BCUT2D eigenvalue weighted by molar-refractivity contribution is -0.136. The van der Waals surface area contributed by atoms with Crippen LogP contribution in [-0.4, -0.2) is 91.0 Å². The van der Waals surface area contributed by atoms with Crippen molar-refractivity contribution < 1.29 is 28.7 Å². The lowest BCUT2D eigenvalue weighted by atomic mass is 10.0. The highest BCUT2D eigenvalue weighted by Gasteiger charge is 2.44. The molecule has 3 fully saturated rings. The molecular formula is C30H44N4O6. The number of fused-ring (bicyclic) bond motifs is 1. The van der Waals surface area contributed by atoms with Crippen molar-refractivity contribution in [3.8, 4) is 5.75 Å². The number of amides is 4. The van der Waals surface area contributed by atoms with E-state index in [0.29, 0.717) is 24.6 Å². The molecule has 10 nitrogen and oxygen atoms in total. The summed E-state index contributed by atoms with van der Waals surface area (Å²) in [5.41, 5.74) is 0.499. The highest BCUT2D eigenvalue weighted by Crippen LogP contribution is 2.30. The molecule has 5 rings (SSSR count). The molecule has 1 aromatic rings. The number of rotatable bonds is 10. The fourth-order valence-corrected chi connectivity index (χ4v) is 5.24. The van der Waals surface area contributed by atoms with Gasteiger partial charge in [0.25, 0.3) is 11.8 Å². The first-order chi connectivity index (χ1) is 19.5. The molecule has 0 bridgehead atoms. The first kappa shape index (κ1) is 31.4. The molecule has 1 unspecified atom stereocenters. The van der Waals surface area contributed by atoms with E-state index in [1.54, 1.807) is 18.2 Å². The van der Waals surface area contributed by atoms with Crippen LogP contribution in [0.2, 0.25) is 0 Å². The highest BCUT2D eigenvalue weighted by molar-refractivity contribution is 6.23. The van der Waals surface area contributed by atoms with E-state index in [0.717, 1.165) is 69.7 Å². The van der Waals surface area contributed by atoms with Gasteiger partial charge >= 0.3 is 0 Å². The van der Waals surface area contributed by atoms with Crippen LogP contribution in [-0.2, 0) is 14.3 Å². The molecule has 1 aromatic carbocycles. The number of hydrogen-bond acceptors (Lipinski definition) is 8. The molecule has 4 amide bonds. The van der Waals surface area contributed by atoms with Gasteiger partial charge in [-0.05, 0) is 63.3 Å². The second-order valence-corrected chi connectivity index (χ2v) is 10.0. The molecule has 4 aliphatic heterocycles. The SMILES string of the molecule is C=C.CC.O=C1CCC(N2C(=O)c3ccc(OCCCCCN4CCC(OC5CNC5)CC4)cc3C2=O)C(=O)N1. The second-order valence-electron chi connectivity index (χ2n) is 10.0. The Kier molecular flexibility index (Phi) is 12.3. The van der Waals surface area contributed by atoms with Crippen LogP contribution in [0.1, 0.15) is 79.5 Å². The maximum Gasteiger partial charge on any atom is 0.262 e. The number of piperidine rings is 2. The van der Waals surface area contributed by atoms with Crippen molar-refractivity contribution in [3.05, 3.63) is 42.5 Å². The van der Waals surface area contributed by atoms with Crippen molar-refractivity contribution in [2.45, 2.75) is 77.0 Å². The zero-order chi connectivity index (χ0) is 29.1. The molecule has 2 N–H and O–H groups in total. The average Bonchev–Trinajstić information content (AvgIpc) is 3.20. The molecular weight excluding hydrogens is 512 g/mol. The predicted octanol–water partition coefficient (Wildman–Crippen LogP) is 2.92. The van der Waals surface area contributed by atoms with E-state index in [2.05, 4.69) is 28.7 Å². The van der Waals surface area contributed by atoms with Crippen molar-refractivity contribution in [1.82, 2.24) is 20.4 Å². The zero-order valence-electron chi connectivity index (χ0n) is 23.9. The molecule has 0 aromatic heterocycles. The number of hydrogen-bond donors (Lipinski definition) is 2. The third-order valence-corrected chi connectivity index (χ3v) is 7.46. The summed E-state index contributed by atoms with van der Waals surface area (Å²) < 4.78 is 11.9. The van der Waals surface area contributed by atoms with E-state index in [1.807, 2.05) is 13.8 Å². The zero-order valence-corrected chi connectivity index (χ0v) is 23.9. The molecule has 0 saturated carbocycles. The van der Waals surface area contributed by atoms with Crippen LogP contribution in [0.5, 0.6) is 5.75 Å². The van der Waals surface area contributed by atoms with Crippen LogP contribution < -0.4 is 15.4 Å². The molecule has 10 heteroatoms. The van der Waals surface area contributed by atoms with E-state index in [1.165, 1.54) is 0 Å². The lowest BCUT2D eigenvalue weighted by Gasteiger charge is -2.36. The maximum absolute atomic E-state index is 12.9. The minimum absolute atomic E-state index is 0.100. The monoisotopic (exact) mass is 556 g/mol. The number of unbranched alkanes of at least 4 members (excludes halogenated alkanes) is 2. The minimum atomic E-state index is -0.960. The summed E-state index contributed by atoms with van der Waals surface area (Å²) in [6.45, 7) is 15.8. The van der Waals surface area contributed by atoms with Crippen molar-refractivity contribution in [2.24, 2.45) is 0 Å². The number of nitrogens with zero attached hydrogens (tertiary/aromatic N) is 2. The molecule has 1 atom stereocenters. The summed E-state index contributed by atoms with van der Waals surface area (Å²) in [7, 11) is 0. The van der Waals surface area contributed by atoms with Crippen LogP contribution in [0.25, 0.3) is 0 Å². The van der Waals surface area contributed by atoms with Crippen LogP contribution >= 0.6 is 0 Å². The average molecular weight is 557 g/mol. The van der Waals surface area contributed by atoms with Gasteiger partial charge in [-0.3, -0.25) is 29.4 Å². The smallest absolute Gasteiger partial charge is 0.262 e. The molecule has 0 aliphatic carbocycles. The fourth-order valence-electron chi connectivity index (χ4n) is 5.24. The van der Waals surface area contributed by atoms with Gasteiger partial charge in [0.1, 0.15) is 11.8 Å². The standard InChI is InChI=1S/C26H34N4O6.C2H6.C2H4/c31-23-7-6-22(24(32)28-23)30-25(33)20-5-4-18(14-21(20)26(30)34)35-13-3-1-2-10-29-11-8-17(9-12-29)36-19-15-27-16-19;2*1-2/h4-5,14,17,19,22,27H,1-3,6-13,15-16H2,(H,28,31,32);1-2H3;1-2H2. The number of imide groups is 2. The summed E-state index contributed by atoms with van der Waals surface area (Å²) in [5.74, 6) is -1.50. The topological polar surface area (TPSA) is 117 Å². The first-order valence-corrected chi connectivity index (χ1v) is 14.6. The third kappa shape index (κ3) is 7.77. The van der Waals surface area contributed by atoms with Crippen LogP contribution in [0.4, 0.5) is 0 Å². The Morgan fingerprint density at radius 2 is 1.60 bits per heavy atom. The van der Waals surface area contributed by atoms with Crippen molar-refractivity contribution in [2.75, 3.05) is 39.3 Å². The Morgan fingerprint density at radius 3 is 2.25 bits per heavy atom. The first-order valence-electron chi connectivity index (χ1n) is 14.6. The Hall–Kier alpha value is -3.08. The number of likely N-dealkylation sites (tertiary alicyclic amines) is 1. The van der Waals surface area contributed by atoms with E-state index in [4.69, 9.17) is 9.47 Å². The van der Waals surface area contributed by atoms with Crippen LogP contribution in [0, 0.1) is 0 Å². The molecule has 0 spiro atoms. The van der Waals surface area contributed by atoms with Gasteiger partial charge in [0.2, 0.25) is 11.8 Å². The molecule has 4 aliphatic rings. The number of ether oxygens (including phenoxy) is 2. The Balaban J connectivity index is 0.00000106. The molecule has 40 heavy (non-hydrogen) atoms. The fraction of sp³-hybridized carbons (Fsp3) is 0.600. The van der Waals surface area contributed by atoms with Crippen LogP contribution in [0.15, 0.2) is 31.4 Å². The predicted molar refractivity (Wildman–Crippen MR) is 152 cm³/mol. The molecule has 4 heterocycles. The van der Waals surface area contributed by atoms with Gasteiger partial charge in [0, 0.05) is 32.6 Å². The summed E-state index contributed by atoms with van der Waals surface area (Å²) >= 11 is 0. The summed E-state index contributed by atoms with van der Waals surface area (Å²) in [4.78, 5) is 52.8. The Morgan fingerprint density at radius 1 is 0.900 bits per heavy atom. The van der Waals surface area contributed by atoms with Crippen molar-refractivity contribution >= 4 is 23.6 Å². The van der Waals surface area contributed by atoms with Gasteiger partial charge in [-0.1, -0.05) is 13.8 Å². The minimum Gasteiger partial charge on any atom is -0.494 e. The normalized spacial score (nSPS) is 21.4. The number of nitrogens with one attached hydrogen (secondary N) is 2. The van der Waals surface area contributed by atoms with E-state index in [-0.39, 0.29) is 29.9 Å². The number of benzene rings is 1. The van der Waals surface area contributed by atoms with Crippen molar-refractivity contribution in [3.63, 3.8) is 0 Å². The van der Waals surface area contributed by atoms with Crippen LogP contribution in [0.3, 0.4) is 0 Å². The van der Waals surface area contributed by atoms with Gasteiger partial charge in [-0.2, -0.15) is 0 Å². The number of carbonyl (C=O) groups is 4. The van der Waals surface area contributed by atoms with Gasteiger partial charge < -0.3 is 19.7 Å². The van der Waals surface area contributed by atoms with Crippen molar-refractivity contribution in [1.29, 1.82) is 0 Å². The van der Waals surface area contributed by atoms with Gasteiger partial charge in [0.15, 0.2) is 0 Å². The van der Waals surface area contributed by atoms with E-state index in [9.17, 15) is 19.2 Å². The second kappa shape index (κ2) is 15.6. The number of carbonyl (C=O) groups excluding carboxylic acids is 4. The highest BCUT2D eigenvalue weighted by atomic mass is 16.5. The van der Waals surface area contributed by atoms with E-state index < -0.39 is 23.8 Å². The summed E-state index contributed by atoms with van der Waals surface area (Å²) in [5, 5.41) is 5.45. The molecule has 220 valence electrons. The van der Waals surface area contributed by atoms with Gasteiger partial charge in [-0.25, -0.2) is 0 Å². The third-order valence-electron chi connectivity index (χ3n) is 7.46. The Bertz CT molecular complexity index is 1040. The van der Waals surface area contributed by atoms with Gasteiger partial charge in [0.05, 0.1) is 29.9 Å². The molecule has 0 radical (unpaired) electrons. The quantitative estimate of drug-likeness (QED) is 0.257. The lowest BCUT2D eigenvalue weighted by Crippen LogP contribution is -2.54.